The lowest BCUT2D eigenvalue weighted by molar-refractivity contribution is -0.130. The maximum absolute atomic E-state index is 11.7. The first kappa shape index (κ1) is 25.1. The van der Waals surface area contributed by atoms with E-state index in [9.17, 15) is 10.2 Å². The lowest BCUT2D eigenvalue weighted by Gasteiger charge is -2.37. The second-order valence-corrected chi connectivity index (χ2v) is 8.65. The Balaban J connectivity index is 1.80. The first-order valence-corrected chi connectivity index (χ1v) is 11.4. The molecule has 36 heavy (non-hydrogen) atoms. The van der Waals surface area contributed by atoms with Crippen molar-refractivity contribution in [3.63, 3.8) is 0 Å². The molecular formula is C27H25N5O4. The average Bonchev–Trinajstić information content (AvgIpc) is 3.42. The quantitative estimate of drug-likeness (QED) is 0.531. The molecule has 1 saturated heterocycles. The zero-order valence-electron chi connectivity index (χ0n) is 19.7. The van der Waals surface area contributed by atoms with Crippen LogP contribution in [0.3, 0.4) is 0 Å². The topological polar surface area (TPSA) is 115 Å². The van der Waals surface area contributed by atoms with Gasteiger partial charge in [0, 0.05) is 12.6 Å². The number of fused-ring (bicyclic) bond motifs is 1. The van der Waals surface area contributed by atoms with Crippen LogP contribution in [0.2, 0.25) is 0 Å². The molecular weight excluding hydrogens is 458 g/mol. The van der Waals surface area contributed by atoms with Crippen LogP contribution in [-0.4, -0.2) is 65.3 Å². The number of hydrogen-bond donors (Lipinski definition) is 3. The predicted octanol–water partition coefficient (Wildman–Crippen LogP) is 0.636. The average molecular weight is 484 g/mol. The highest BCUT2D eigenvalue weighted by atomic mass is 16.6. The highest BCUT2D eigenvalue weighted by molar-refractivity contribution is 5.83. The summed E-state index contributed by atoms with van der Waals surface area (Å²) in [6.45, 7) is 2.67. The Bertz CT molecular complexity index is 1380. The zero-order valence-corrected chi connectivity index (χ0v) is 19.7. The van der Waals surface area contributed by atoms with Crippen molar-refractivity contribution in [1.82, 2.24) is 19.5 Å². The third kappa shape index (κ3) is 3.11. The number of aliphatic hydroxyl groups is 2. The van der Waals surface area contributed by atoms with Crippen LogP contribution >= 0.6 is 0 Å². The molecule has 2 fully saturated rings. The predicted molar refractivity (Wildman–Crippen MR) is 132 cm³/mol. The van der Waals surface area contributed by atoms with Gasteiger partial charge in [-0.2, -0.15) is 0 Å². The van der Waals surface area contributed by atoms with E-state index in [2.05, 4.69) is 44.0 Å². The van der Waals surface area contributed by atoms with Gasteiger partial charge in [0.25, 0.3) is 5.72 Å². The normalized spacial score (nSPS) is 32.9. The highest BCUT2D eigenvalue weighted by Gasteiger charge is 2.80. The maximum Gasteiger partial charge on any atom is 0.259 e. The van der Waals surface area contributed by atoms with E-state index in [1.165, 1.54) is 17.2 Å². The fourth-order valence-corrected chi connectivity index (χ4v) is 4.99. The van der Waals surface area contributed by atoms with E-state index in [0.29, 0.717) is 17.9 Å². The first-order valence-electron chi connectivity index (χ1n) is 11.4. The fraction of sp³-hybridized carbons (Fsp3) is 0.444. The summed E-state index contributed by atoms with van der Waals surface area (Å²) in [6.07, 6.45) is 34.8. The molecule has 4 rings (SSSR count). The number of anilines is 1. The molecule has 2 aromatic rings. The summed E-state index contributed by atoms with van der Waals surface area (Å²) in [4.78, 5) is 13.0. The Morgan fingerprint density at radius 3 is 2.22 bits per heavy atom. The molecule has 0 bridgehead atoms. The number of aromatic nitrogens is 4. The van der Waals surface area contributed by atoms with E-state index in [1.54, 1.807) is 0 Å². The molecule has 3 heterocycles. The SMILES string of the molecule is C#CC1(C#C)OC(C#C)(n2cnc3c(NC4CCC(OCC)CC4)ncnc32)C(O)(C#C)C1(O)C#C. The lowest BCUT2D eigenvalue weighted by Crippen LogP contribution is -2.64. The lowest BCUT2D eigenvalue weighted by atomic mass is 9.71. The van der Waals surface area contributed by atoms with Crippen molar-refractivity contribution in [1.29, 1.82) is 0 Å². The number of imidazole rings is 1. The summed E-state index contributed by atoms with van der Waals surface area (Å²) in [6, 6.07) is 0.138. The van der Waals surface area contributed by atoms with Crippen LogP contribution in [0.5, 0.6) is 0 Å². The van der Waals surface area contributed by atoms with Gasteiger partial charge in [0.2, 0.25) is 16.8 Å². The number of terminal acetylenes is 5. The fourth-order valence-electron chi connectivity index (χ4n) is 4.99. The third-order valence-electron chi connectivity index (χ3n) is 6.93. The molecule has 182 valence electrons. The number of ether oxygens (including phenoxy) is 2. The van der Waals surface area contributed by atoms with Crippen molar-refractivity contribution in [2.75, 3.05) is 11.9 Å². The summed E-state index contributed by atoms with van der Waals surface area (Å²) in [5, 5.41) is 26.4. The second kappa shape index (κ2) is 8.89. The molecule has 0 aromatic carbocycles. The maximum atomic E-state index is 11.7. The molecule has 2 aliphatic rings. The standard InChI is InChI=1S/C27H25N5O4/c1-7-24(8-2)25(33,9-3)26(34,10-4)27(11-5,36-24)32-18-30-21-22(28-17-29-23(21)32)31-19-13-15-20(16-14-19)35-12-6/h1-5,17-20,33-34H,12-16H2,6H3,(H,28,29,31). The minimum atomic E-state index is -2.77. The van der Waals surface area contributed by atoms with E-state index in [0.717, 1.165) is 25.7 Å². The Morgan fingerprint density at radius 2 is 1.67 bits per heavy atom. The van der Waals surface area contributed by atoms with Crippen LogP contribution in [0, 0.1) is 61.7 Å². The number of nitrogens with one attached hydrogen (secondary N) is 1. The number of rotatable bonds is 5. The van der Waals surface area contributed by atoms with Crippen molar-refractivity contribution in [3.05, 3.63) is 12.7 Å². The van der Waals surface area contributed by atoms with Crippen LogP contribution in [0.25, 0.3) is 11.2 Å². The smallest absolute Gasteiger partial charge is 0.259 e. The Hall–Kier alpha value is -4.01. The minimum absolute atomic E-state index is 0.138. The molecule has 9 nitrogen and oxygen atoms in total. The highest BCUT2D eigenvalue weighted by Crippen LogP contribution is 2.54. The van der Waals surface area contributed by atoms with Crippen LogP contribution in [0.4, 0.5) is 5.82 Å². The van der Waals surface area contributed by atoms with Crippen LogP contribution in [0.15, 0.2) is 12.7 Å². The molecule has 3 atom stereocenters. The van der Waals surface area contributed by atoms with Crippen molar-refractivity contribution in [2.45, 2.75) is 67.3 Å². The van der Waals surface area contributed by atoms with Gasteiger partial charge in [-0.15, -0.1) is 32.1 Å². The molecule has 0 radical (unpaired) electrons. The summed E-state index contributed by atoms with van der Waals surface area (Å²) in [5.41, 5.74) is -9.78. The monoisotopic (exact) mass is 483 g/mol. The van der Waals surface area contributed by atoms with E-state index < -0.39 is 22.5 Å². The number of nitrogens with zero attached hydrogens (tertiary/aromatic N) is 4. The van der Waals surface area contributed by atoms with E-state index in [1.807, 2.05) is 12.8 Å². The van der Waals surface area contributed by atoms with Gasteiger partial charge in [-0.1, -0.05) is 23.7 Å². The van der Waals surface area contributed by atoms with Gasteiger partial charge >= 0.3 is 0 Å². The second-order valence-electron chi connectivity index (χ2n) is 8.65. The van der Waals surface area contributed by atoms with E-state index in [-0.39, 0.29) is 17.8 Å². The van der Waals surface area contributed by atoms with Gasteiger partial charge in [-0.05, 0) is 38.5 Å². The van der Waals surface area contributed by atoms with Crippen LogP contribution in [-0.2, 0) is 15.2 Å². The summed E-state index contributed by atoms with van der Waals surface area (Å²) >= 11 is 0. The minimum Gasteiger partial charge on any atom is -0.379 e. The van der Waals surface area contributed by atoms with Crippen LogP contribution < -0.4 is 5.32 Å². The molecule has 3 unspecified atom stereocenters. The van der Waals surface area contributed by atoms with E-state index in [4.69, 9.17) is 41.6 Å². The summed E-state index contributed by atoms with van der Waals surface area (Å²) in [7, 11) is 0. The van der Waals surface area contributed by atoms with Crippen molar-refractivity contribution in [2.24, 2.45) is 0 Å². The third-order valence-corrected chi connectivity index (χ3v) is 6.93. The van der Waals surface area contributed by atoms with Gasteiger partial charge < -0.3 is 25.0 Å². The molecule has 3 N–H and O–H groups in total. The van der Waals surface area contributed by atoms with Gasteiger partial charge in [0.15, 0.2) is 17.0 Å². The van der Waals surface area contributed by atoms with Crippen molar-refractivity contribution >= 4 is 17.0 Å². The molecule has 9 heteroatoms. The summed E-state index contributed by atoms with van der Waals surface area (Å²) in [5.74, 6) is 11.1. The molecule has 1 saturated carbocycles. The van der Waals surface area contributed by atoms with Gasteiger partial charge in [0.05, 0.1) is 6.10 Å². The molecule has 0 spiro atoms. The Labute approximate surface area is 210 Å². The first-order chi connectivity index (χ1) is 17.2. The van der Waals surface area contributed by atoms with Crippen LogP contribution in [0.1, 0.15) is 32.6 Å². The summed E-state index contributed by atoms with van der Waals surface area (Å²) < 4.78 is 12.8. The Morgan fingerprint density at radius 1 is 1.00 bits per heavy atom. The number of hydrogen-bond acceptors (Lipinski definition) is 8. The van der Waals surface area contributed by atoms with Gasteiger partial charge in [-0.25, -0.2) is 15.0 Å². The van der Waals surface area contributed by atoms with Gasteiger partial charge in [-0.3, -0.25) is 4.57 Å². The van der Waals surface area contributed by atoms with Crippen molar-refractivity contribution in [3.8, 4) is 61.7 Å². The largest absolute Gasteiger partial charge is 0.379 e. The Kier molecular flexibility index (Phi) is 6.20. The van der Waals surface area contributed by atoms with Gasteiger partial charge in [0.1, 0.15) is 12.7 Å². The molecule has 1 aliphatic heterocycles. The zero-order chi connectivity index (χ0) is 26.2. The molecule has 1 aliphatic carbocycles. The molecule has 2 aromatic heterocycles. The van der Waals surface area contributed by atoms with Crippen molar-refractivity contribution < 1.29 is 19.7 Å². The van der Waals surface area contributed by atoms with E-state index >= 15 is 0 Å². The molecule has 0 amide bonds.